The van der Waals surface area contributed by atoms with Crippen molar-refractivity contribution in [3.8, 4) is 5.75 Å². The minimum Gasteiger partial charge on any atom is -0.494 e. The fourth-order valence-electron chi connectivity index (χ4n) is 3.37. The number of carbonyl (C=O) groups excluding carboxylic acids is 1. The van der Waals surface area contributed by atoms with Crippen molar-refractivity contribution in [2.45, 2.75) is 18.9 Å². The predicted molar refractivity (Wildman–Crippen MR) is 107 cm³/mol. The Balaban J connectivity index is 1.53. The van der Waals surface area contributed by atoms with Gasteiger partial charge >= 0.3 is 0 Å². The molecule has 1 atom stereocenters. The summed E-state index contributed by atoms with van der Waals surface area (Å²) in [6.45, 7) is 1.61. The number of fused-ring (bicyclic) bond motifs is 1. The lowest BCUT2D eigenvalue weighted by atomic mass is 10.1. The zero-order chi connectivity index (χ0) is 19.0. The molecule has 1 aromatic carbocycles. The monoisotopic (exact) mass is 405 g/mol. The third-order valence-electron chi connectivity index (χ3n) is 4.75. The van der Waals surface area contributed by atoms with Gasteiger partial charge in [0.2, 0.25) is 0 Å². The first-order chi connectivity index (χ1) is 13.1. The molecule has 1 aliphatic heterocycles. The number of aromatic nitrogens is 3. The summed E-state index contributed by atoms with van der Waals surface area (Å²) in [4.78, 5) is 19.4. The lowest BCUT2D eigenvalue weighted by Crippen LogP contribution is -2.48. The van der Waals surface area contributed by atoms with Crippen molar-refractivity contribution in [2.75, 3.05) is 25.1 Å². The molecule has 0 bridgehead atoms. The van der Waals surface area contributed by atoms with Gasteiger partial charge in [-0.3, -0.25) is 9.48 Å². The van der Waals surface area contributed by atoms with E-state index in [0.717, 1.165) is 40.5 Å². The van der Waals surface area contributed by atoms with Crippen LogP contribution in [0.2, 0.25) is 5.02 Å². The van der Waals surface area contributed by atoms with E-state index in [1.165, 1.54) is 0 Å². The maximum absolute atomic E-state index is 12.5. The molecule has 4 rings (SSSR count). The lowest BCUT2D eigenvalue weighted by molar-refractivity contribution is 0.0923. The number of nitrogens with zero attached hydrogens (tertiary/aromatic N) is 4. The van der Waals surface area contributed by atoms with Crippen molar-refractivity contribution in [2.24, 2.45) is 7.05 Å². The number of nitrogens with one attached hydrogen (secondary N) is 1. The molecule has 7 nitrogen and oxygen atoms in total. The van der Waals surface area contributed by atoms with Gasteiger partial charge in [-0.2, -0.15) is 5.10 Å². The van der Waals surface area contributed by atoms with E-state index in [0.29, 0.717) is 17.3 Å². The highest BCUT2D eigenvalue weighted by atomic mass is 35.5. The average Bonchev–Trinajstić information content (AvgIpc) is 3.29. The van der Waals surface area contributed by atoms with Gasteiger partial charge in [0.1, 0.15) is 17.0 Å². The number of aryl methyl sites for hydroxylation is 1. The summed E-state index contributed by atoms with van der Waals surface area (Å²) in [5.74, 6) is 0.617. The summed E-state index contributed by atoms with van der Waals surface area (Å²) in [7, 11) is 3.40. The Morgan fingerprint density at radius 2 is 2.26 bits per heavy atom. The van der Waals surface area contributed by atoms with Gasteiger partial charge < -0.3 is 15.0 Å². The number of carbonyl (C=O) groups is 1. The second-order valence-corrected chi connectivity index (χ2v) is 7.91. The van der Waals surface area contributed by atoms with Gasteiger partial charge in [0, 0.05) is 32.4 Å². The van der Waals surface area contributed by atoms with Gasteiger partial charge in [-0.25, -0.2) is 4.98 Å². The number of rotatable bonds is 4. The van der Waals surface area contributed by atoms with Gasteiger partial charge in [-0.05, 0) is 31.0 Å². The molecule has 9 heteroatoms. The first kappa shape index (κ1) is 18.1. The Labute approximate surface area is 165 Å². The third kappa shape index (κ3) is 3.46. The van der Waals surface area contributed by atoms with E-state index in [2.05, 4.69) is 15.3 Å². The molecular weight excluding hydrogens is 386 g/mol. The number of benzene rings is 1. The van der Waals surface area contributed by atoms with Gasteiger partial charge in [0.15, 0.2) is 5.13 Å². The number of halogens is 1. The first-order valence-corrected chi connectivity index (χ1v) is 9.93. The summed E-state index contributed by atoms with van der Waals surface area (Å²) >= 11 is 7.90. The summed E-state index contributed by atoms with van der Waals surface area (Å²) in [6, 6.07) is 5.45. The maximum atomic E-state index is 12.5. The molecule has 1 fully saturated rings. The van der Waals surface area contributed by atoms with Crippen molar-refractivity contribution in [1.82, 2.24) is 20.1 Å². The van der Waals surface area contributed by atoms with Crippen LogP contribution in [0.5, 0.6) is 5.75 Å². The van der Waals surface area contributed by atoms with E-state index in [9.17, 15) is 4.79 Å². The zero-order valence-electron chi connectivity index (χ0n) is 15.1. The number of methoxy groups -OCH3 is 1. The fraction of sp³-hybridized carbons (Fsp3) is 0.389. The highest BCUT2D eigenvalue weighted by Gasteiger charge is 2.25. The Kier molecular flexibility index (Phi) is 4.92. The molecule has 1 N–H and O–H groups in total. The number of hydrogen-bond acceptors (Lipinski definition) is 6. The van der Waals surface area contributed by atoms with Crippen LogP contribution in [0.4, 0.5) is 5.13 Å². The molecule has 2 aromatic heterocycles. The molecule has 1 unspecified atom stereocenters. The topological polar surface area (TPSA) is 72.3 Å². The second kappa shape index (κ2) is 7.36. The van der Waals surface area contributed by atoms with Gasteiger partial charge in [0.05, 0.1) is 16.8 Å². The quantitative estimate of drug-likeness (QED) is 0.722. The van der Waals surface area contributed by atoms with E-state index in [1.807, 2.05) is 12.1 Å². The molecule has 27 heavy (non-hydrogen) atoms. The van der Waals surface area contributed by atoms with Gasteiger partial charge in [-0.1, -0.05) is 22.9 Å². The first-order valence-electron chi connectivity index (χ1n) is 8.73. The Bertz CT molecular complexity index is 985. The summed E-state index contributed by atoms with van der Waals surface area (Å²) in [5, 5.41) is 8.74. The van der Waals surface area contributed by atoms with Crippen LogP contribution >= 0.6 is 22.9 Å². The molecule has 142 valence electrons. The summed E-state index contributed by atoms with van der Waals surface area (Å²) < 4.78 is 7.92. The highest BCUT2D eigenvalue weighted by Crippen LogP contribution is 2.39. The molecule has 3 aromatic rings. The van der Waals surface area contributed by atoms with Crippen LogP contribution in [0.25, 0.3) is 10.2 Å². The van der Waals surface area contributed by atoms with E-state index in [4.69, 9.17) is 21.3 Å². The normalized spacial score (nSPS) is 17.3. The minimum atomic E-state index is -0.101. The van der Waals surface area contributed by atoms with Crippen LogP contribution in [-0.2, 0) is 7.05 Å². The van der Waals surface area contributed by atoms with Crippen LogP contribution in [0.3, 0.4) is 0 Å². The highest BCUT2D eigenvalue weighted by molar-refractivity contribution is 7.22. The molecule has 3 heterocycles. The number of thiazole rings is 1. The summed E-state index contributed by atoms with van der Waals surface area (Å²) in [5.41, 5.74) is 1.34. The van der Waals surface area contributed by atoms with E-state index in [1.54, 1.807) is 42.4 Å². The van der Waals surface area contributed by atoms with Crippen molar-refractivity contribution >= 4 is 44.2 Å². The van der Waals surface area contributed by atoms with Crippen LogP contribution in [-0.4, -0.2) is 46.9 Å². The van der Waals surface area contributed by atoms with E-state index in [-0.39, 0.29) is 11.9 Å². The number of hydrogen-bond donors (Lipinski definition) is 1. The molecule has 1 saturated heterocycles. The SMILES string of the molecule is COc1ccc(Cl)c2sc(N3CCCC(NC(=O)c4ccnn4C)C3)nc12. The van der Waals surface area contributed by atoms with Crippen LogP contribution < -0.4 is 15.0 Å². The molecule has 0 saturated carbocycles. The number of amides is 1. The smallest absolute Gasteiger partial charge is 0.269 e. The van der Waals surface area contributed by atoms with Gasteiger partial charge in [-0.15, -0.1) is 0 Å². The van der Waals surface area contributed by atoms with Crippen molar-refractivity contribution < 1.29 is 9.53 Å². The van der Waals surface area contributed by atoms with E-state index < -0.39 is 0 Å². The standard InChI is InChI=1S/C18H20ClN5O2S/c1-23-13(7-8-20-23)17(25)21-11-4-3-9-24(10-11)18-22-15-14(26-2)6-5-12(19)16(15)27-18/h5-8,11H,3-4,9-10H2,1-2H3,(H,21,25). The number of piperidine rings is 1. The molecule has 1 aliphatic rings. The minimum absolute atomic E-state index is 0.0607. The lowest BCUT2D eigenvalue weighted by Gasteiger charge is -2.32. The summed E-state index contributed by atoms with van der Waals surface area (Å²) in [6.07, 6.45) is 3.55. The fourth-order valence-corrected chi connectivity index (χ4v) is 4.66. The van der Waals surface area contributed by atoms with Crippen molar-refractivity contribution in [3.63, 3.8) is 0 Å². The third-order valence-corrected chi connectivity index (χ3v) is 6.32. The van der Waals surface area contributed by atoms with Crippen molar-refractivity contribution in [3.05, 3.63) is 35.1 Å². The van der Waals surface area contributed by atoms with Crippen LogP contribution in [0.1, 0.15) is 23.3 Å². The average molecular weight is 406 g/mol. The molecular formula is C18H20ClN5O2S. The predicted octanol–water partition coefficient (Wildman–Crippen LogP) is 3.09. The largest absolute Gasteiger partial charge is 0.494 e. The van der Waals surface area contributed by atoms with E-state index >= 15 is 0 Å². The Morgan fingerprint density at radius 1 is 1.41 bits per heavy atom. The zero-order valence-corrected chi connectivity index (χ0v) is 16.7. The molecule has 0 spiro atoms. The molecule has 0 radical (unpaired) electrons. The maximum Gasteiger partial charge on any atom is 0.269 e. The Hall–Kier alpha value is -2.32. The second-order valence-electron chi connectivity index (χ2n) is 6.52. The molecule has 1 amide bonds. The van der Waals surface area contributed by atoms with Crippen LogP contribution in [0.15, 0.2) is 24.4 Å². The Morgan fingerprint density at radius 3 is 3.00 bits per heavy atom. The number of ether oxygens (including phenoxy) is 1. The number of anilines is 1. The van der Waals surface area contributed by atoms with Crippen molar-refractivity contribution in [1.29, 1.82) is 0 Å². The molecule has 0 aliphatic carbocycles. The van der Waals surface area contributed by atoms with Gasteiger partial charge in [0.25, 0.3) is 5.91 Å². The van der Waals surface area contributed by atoms with Crippen LogP contribution in [0, 0.1) is 0 Å².